The third-order valence-corrected chi connectivity index (χ3v) is 1.53. The first kappa shape index (κ1) is 5.79. The standard InChI is InChI=1S/C6H11NO/c7-5-6(8)3-1-2-4-6/h1,3,8H,2,4-5,7H2. The van der Waals surface area contributed by atoms with Crippen molar-refractivity contribution in [1.29, 1.82) is 0 Å². The molecule has 46 valence electrons. The second-order valence-corrected chi connectivity index (χ2v) is 2.25. The molecule has 0 bridgehead atoms. The molecule has 3 N–H and O–H groups in total. The van der Waals surface area contributed by atoms with Gasteiger partial charge in [0.1, 0.15) is 0 Å². The fourth-order valence-electron chi connectivity index (χ4n) is 0.889. The Hall–Kier alpha value is -0.340. The first-order valence-electron chi connectivity index (χ1n) is 2.87. The summed E-state index contributed by atoms with van der Waals surface area (Å²) in [5.74, 6) is 0. The largest absolute Gasteiger partial charge is 0.384 e. The minimum atomic E-state index is -0.667. The molecule has 1 atom stereocenters. The maximum atomic E-state index is 9.29. The van der Waals surface area contributed by atoms with Crippen molar-refractivity contribution in [2.24, 2.45) is 5.73 Å². The molecule has 0 aliphatic heterocycles. The zero-order valence-electron chi connectivity index (χ0n) is 4.80. The van der Waals surface area contributed by atoms with Gasteiger partial charge in [0.15, 0.2) is 0 Å². The Morgan fingerprint density at radius 2 is 2.50 bits per heavy atom. The zero-order chi connectivity index (χ0) is 6.04. The van der Waals surface area contributed by atoms with Gasteiger partial charge in [-0.2, -0.15) is 0 Å². The number of nitrogens with two attached hydrogens (primary N) is 1. The number of rotatable bonds is 1. The van der Waals surface area contributed by atoms with E-state index in [4.69, 9.17) is 5.73 Å². The summed E-state index contributed by atoms with van der Waals surface area (Å²) in [6, 6.07) is 0. The third kappa shape index (κ3) is 0.904. The molecule has 1 unspecified atom stereocenters. The molecule has 0 radical (unpaired) electrons. The number of hydrogen-bond donors (Lipinski definition) is 2. The Balaban J connectivity index is 2.54. The fourth-order valence-corrected chi connectivity index (χ4v) is 0.889. The summed E-state index contributed by atoms with van der Waals surface area (Å²) in [7, 11) is 0. The van der Waals surface area contributed by atoms with Crippen LogP contribution in [0.15, 0.2) is 12.2 Å². The third-order valence-electron chi connectivity index (χ3n) is 1.53. The molecule has 0 spiro atoms. The van der Waals surface area contributed by atoms with Crippen LogP contribution in [0.3, 0.4) is 0 Å². The molecule has 8 heavy (non-hydrogen) atoms. The van der Waals surface area contributed by atoms with Gasteiger partial charge in [-0.15, -0.1) is 0 Å². The molecule has 1 aliphatic rings. The summed E-state index contributed by atoms with van der Waals surface area (Å²) in [5.41, 5.74) is 4.60. The normalized spacial score (nSPS) is 36.2. The van der Waals surface area contributed by atoms with E-state index in [1.165, 1.54) is 0 Å². The molecular weight excluding hydrogens is 102 g/mol. The van der Waals surface area contributed by atoms with Crippen molar-refractivity contribution < 1.29 is 5.11 Å². The molecule has 0 heterocycles. The lowest BCUT2D eigenvalue weighted by Gasteiger charge is -2.16. The van der Waals surface area contributed by atoms with Crippen LogP contribution in [0.25, 0.3) is 0 Å². The van der Waals surface area contributed by atoms with Gasteiger partial charge in [-0.1, -0.05) is 12.2 Å². The Labute approximate surface area is 49.0 Å². The van der Waals surface area contributed by atoms with Crippen LogP contribution in [0.1, 0.15) is 12.8 Å². The summed E-state index contributed by atoms with van der Waals surface area (Å²) >= 11 is 0. The second kappa shape index (κ2) is 1.88. The van der Waals surface area contributed by atoms with Crippen molar-refractivity contribution in [3.05, 3.63) is 12.2 Å². The Kier molecular flexibility index (Phi) is 1.36. The maximum absolute atomic E-state index is 9.29. The monoisotopic (exact) mass is 113 g/mol. The molecule has 0 amide bonds. The van der Waals surface area contributed by atoms with Crippen molar-refractivity contribution in [3.63, 3.8) is 0 Å². The van der Waals surface area contributed by atoms with Gasteiger partial charge in [0, 0.05) is 6.54 Å². The molecular formula is C6H11NO. The molecule has 2 nitrogen and oxygen atoms in total. The van der Waals surface area contributed by atoms with Crippen molar-refractivity contribution in [1.82, 2.24) is 0 Å². The Morgan fingerprint density at radius 3 is 2.75 bits per heavy atom. The van der Waals surface area contributed by atoms with Gasteiger partial charge >= 0.3 is 0 Å². The van der Waals surface area contributed by atoms with Crippen LogP contribution < -0.4 is 5.73 Å². The summed E-state index contributed by atoms with van der Waals surface area (Å²) in [5, 5.41) is 9.29. The van der Waals surface area contributed by atoms with E-state index in [1.54, 1.807) is 6.08 Å². The van der Waals surface area contributed by atoms with Crippen LogP contribution in [-0.2, 0) is 0 Å². The summed E-state index contributed by atoms with van der Waals surface area (Å²) in [4.78, 5) is 0. The van der Waals surface area contributed by atoms with Gasteiger partial charge in [-0.05, 0) is 12.8 Å². The fraction of sp³-hybridized carbons (Fsp3) is 0.667. The van der Waals surface area contributed by atoms with Crippen molar-refractivity contribution in [2.45, 2.75) is 18.4 Å². The van der Waals surface area contributed by atoms with E-state index in [1.807, 2.05) is 6.08 Å². The summed E-state index contributed by atoms with van der Waals surface area (Å²) in [6.07, 6.45) is 5.51. The summed E-state index contributed by atoms with van der Waals surface area (Å²) < 4.78 is 0. The van der Waals surface area contributed by atoms with E-state index in [2.05, 4.69) is 0 Å². The highest BCUT2D eigenvalue weighted by Crippen LogP contribution is 2.19. The van der Waals surface area contributed by atoms with E-state index in [0.717, 1.165) is 12.8 Å². The highest BCUT2D eigenvalue weighted by atomic mass is 16.3. The Bertz CT molecular complexity index is 111. The van der Waals surface area contributed by atoms with Crippen LogP contribution in [0.2, 0.25) is 0 Å². The molecule has 0 aromatic rings. The smallest absolute Gasteiger partial charge is 0.0952 e. The first-order valence-corrected chi connectivity index (χ1v) is 2.87. The molecule has 0 saturated carbocycles. The molecule has 1 aliphatic carbocycles. The molecule has 2 heteroatoms. The topological polar surface area (TPSA) is 46.2 Å². The van der Waals surface area contributed by atoms with Gasteiger partial charge < -0.3 is 10.8 Å². The molecule has 0 aromatic carbocycles. The predicted molar refractivity (Wildman–Crippen MR) is 32.4 cm³/mol. The van der Waals surface area contributed by atoms with E-state index < -0.39 is 5.60 Å². The van der Waals surface area contributed by atoms with Gasteiger partial charge in [0.2, 0.25) is 0 Å². The van der Waals surface area contributed by atoms with Gasteiger partial charge in [0.05, 0.1) is 5.60 Å². The molecule has 1 rings (SSSR count). The average Bonchev–Trinajstić information content (AvgIpc) is 2.17. The lowest BCUT2D eigenvalue weighted by Crippen LogP contribution is -2.32. The number of allylic oxidation sites excluding steroid dienone is 1. The van der Waals surface area contributed by atoms with E-state index in [0.29, 0.717) is 6.54 Å². The quantitative estimate of drug-likeness (QED) is 0.471. The van der Waals surface area contributed by atoms with E-state index >= 15 is 0 Å². The maximum Gasteiger partial charge on any atom is 0.0952 e. The van der Waals surface area contributed by atoms with Gasteiger partial charge in [0.25, 0.3) is 0 Å². The van der Waals surface area contributed by atoms with Crippen LogP contribution in [0, 0.1) is 0 Å². The van der Waals surface area contributed by atoms with Crippen LogP contribution in [0.5, 0.6) is 0 Å². The van der Waals surface area contributed by atoms with Crippen LogP contribution >= 0.6 is 0 Å². The van der Waals surface area contributed by atoms with Crippen molar-refractivity contribution in [2.75, 3.05) is 6.54 Å². The van der Waals surface area contributed by atoms with E-state index in [-0.39, 0.29) is 0 Å². The van der Waals surface area contributed by atoms with Crippen LogP contribution in [0.4, 0.5) is 0 Å². The number of aliphatic hydroxyl groups is 1. The SMILES string of the molecule is NCC1(O)C=CCC1. The lowest BCUT2D eigenvalue weighted by molar-refractivity contribution is 0.100. The molecule has 0 aromatic heterocycles. The minimum Gasteiger partial charge on any atom is -0.384 e. The highest BCUT2D eigenvalue weighted by molar-refractivity contribution is 5.08. The molecule has 0 fully saturated rings. The predicted octanol–water partition coefficient (Wildman–Crippen LogP) is 0.0262. The number of hydrogen-bond acceptors (Lipinski definition) is 2. The summed E-state index contributed by atoms with van der Waals surface area (Å²) in [6.45, 7) is 0.351. The first-order chi connectivity index (χ1) is 3.77. The average molecular weight is 113 g/mol. The zero-order valence-corrected chi connectivity index (χ0v) is 4.80. The Morgan fingerprint density at radius 1 is 1.75 bits per heavy atom. The highest BCUT2D eigenvalue weighted by Gasteiger charge is 2.23. The van der Waals surface area contributed by atoms with Gasteiger partial charge in [-0.25, -0.2) is 0 Å². The van der Waals surface area contributed by atoms with Crippen LogP contribution in [-0.4, -0.2) is 17.3 Å². The lowest BCUT2D eigenvalue weighted by atomic mass is 10.1. The molecule has 0 saturated heterocycles. The van der Waals surface area contributed by atoms with Crippen molar-refractivity contribution >= 4 is 0 Å². The van der Waals surface area contributed by atoms with Gasteiger partial charge in [-0.3, -0.25) is 0 Å². The van der Waals surface area contributed by atoms with E-state index in [9.17, 15) is 5.11 Å². The van der Waals surface area contributed by atoms with Crippen molar-refractivity contribution in [3.8, 4) is 0 Å². The minimum absolute atomic E-state index is 0.351. The second-order valence-electron chi connectivity index (χ2n) is 2.25.